The lowest BCUT2D eigenvalue weighted by Crippen LogP contribution is -2.22. The lowest BCUT2D eigenvalue weighted by atomic mass is 9.97. The molecule has 5 nitrogen and oxygen atoms in total. The van der Waals surface area contributed by atoms with Crippen molar-refractivity contribution in [3.05, 3.63) is 76.7 Å². The van der Waals surface area contributed by atoms with Gasteiger partial charge >= 0.3 is 0 Å². The van der Waals surface area contributed by atoms with Crippen molar-refractivity contribution in [2.45, 2.75) is 58.0 Å². The van der Waals surface area contributed by atoms with Crippen LogP contribution >= 0.6 is 0 Å². The van der Waals surface area contributed by atoms with Gasteiger partial charge in [0.05, 0.1) is 12.6 Å². The summed E-state index contributed by atoms with van der Waals surface area (Å²) in [7, 11) is 0. The molecule has 1 amide bonds. The van der Waals surface area contributed by atoms with Crippen LogP contribution in [0.25, 0.3) is 11.1 Å². The number of nitrogens with zero attached hydrogens (tertiary/aromatic N) is 3. The molecule has 2 aliphatic rings. The van der Waals surface area contributed by atoms with Crippen molar-refractivity contribution in [3.63, 3.8) is 0 Å². The zero-order valence-corrected chi connectivity index (χ0v) is 19.4. The molecule has 1 unspecified atom stereocenters. The summed E-state index contributed by atoms with van der Waals surface area (Å²) in [5.41, 5.74) is 3.43. The average Bonchev–Trinajstić information content (AvgIpc) is 3.49. The molecule has 3 aromatic rings. The van der Waals surface area contributed by atoms with Gasteiger partial charge in [-0.2, -0.15) is 0 Å². The van der Waals surface area contributed by atoms with Crippen molar-refractivity contribution in [1.29, 1.82) is 0 Å². The Hall–Kier alpha value is -3.35. The molecule has 0 saturated heterocycles. The van der Waals surface area contributed by atoms with Crippen LogP contribution in [-0.4, -0.2) is 27.3 Å². The third-order valence-corrected chi connectivity index (χ3v) is 7.08. The summed E-state index contributed by atoms with van der Waals surface area (Å²) in [6, 6.07) is 7.30. The summed E-state index contributed by atoms with van der Waals surface area (Å²) in [6.07, 6.45) is 7.80. The molecular weight excluding hydrogens is 434 g/mol. The number of fused-ring (bicyclic) bond motifs is 1. The molecule has 1 fully saturated rings. The van der Waals surface area contributed by atoms with Crippen LogP contribution in [0.2, 0.25) is 0 Å². The summed E-state index contributed by atoms with van der Waals surface area (Å²) in [5, 5.41) is 3.19. The van der Waals surface area contributed by atoms with Crippen molar-refractivity contribution >= 4 is 11.7 Å². The van der Waals surface area contributed by atoms with E-state index in [0.29, 0.717) is 36.0 Å². The molecule has 0 radical (unpaired) electrons. The number of aromatic nitrogens is 2. The highest BCUT2D eigenvalue weighted by Crippen LogP contribution is 2.36. The summed E-state index contributed by atoms with van der Waals surface area (Å²) >= 11 is 0. The quantitative estimate of drug-likeness (QED) is 0.472. The number of benzene rings is 1. The van der Waals surface area contributed by atoms with Crippen LogP contribution in [0.4, 0.5) is 14.6 Å². The highest BCUT2D eigenvalue weighted by molar-refractivity contribution is 5.99. The predicted octanol–water partition coefficient (Wildman–Crippen LogP) is 6.23. The summed E-state index contributed by atoms with van der Waals surface area (Å²) < 4.78 is 30.4. The molecule has 1 aromatic carbocycles. The van der Waals surface area contributed by atoms with Crippen LogP contribution in [0, 0.1) is 11.6 Å². The summed E-state index contributed by atoms with van der Waals surface area (Å²) in [5.74, 6) is -0.0892. The Labute approximate surface area is 198 Å². The molecule has 176 valence electrons. The lowest BCUT2D eigenvalue weighted by Gasteiger charge is -2.19. The van der Waals surface area contributed by atoms with Crippen molar-refractivity contribution in [2.75, 3.05) is 11.9 Å². The maximum absolute atomic E-state index is 15.2. The van der Waals surface area contributed by atoms with Gasteiger partial charge < -0.3 is 10.2 Å². The largest absolute Gasteiger partial charge is 0.363 e. The summed E-state index contributed by atoms with van der Waals surface area (Å²) in [6.45, 7) is 4.74. The predicted molar refractivity (Wildman–Crippen MR) is 127 cm³/mol. The maximum atomic E-state index is 15.2. The molecule has 7 heteroatoms. The zero-order valence-electron chi connectivity index (χ0n) is 19.4. The molecule has 3 heterocycles. The van der Waals surface area contributed by atoms with E-state index in [1.807, 2.05) is 13.0 Å². The topological polar surface area (TPSA) is 58.1 Å². The van der Waals surface area contributed by atoms with Gasteiger partial charge in [0.1, 0.15) is 17.5 Å². The highest BCUT2D eigenvalue weighted by Gasteiger charge is 2.29. The molecule has 5 rings (SSSR count). The van der Waals surface area contributed by atoms with E-state index in [2.05, 4.69) is 15.3 Å². The first-order valence-electron chi connectivity index (χ1n) is 11.9. The third-order valence-electron chi connectivity index (χ3n) is 7.08. The van der Waals surface area contributed by atoms with Crippen molar-refractivity contribution in [2.24, 2.45) is 0 Å². The summed E-state index contributed by atoms with van der Waals surface area (Å²) in [4.78, 5) is 23.0. The molecule has 1 aliphatic carbocycles. The number of hydrogen-bond donors (Lipinski definition) is 1. The fraction of sp³-hybridized carbons (Fsp3) is 0.370. The Bertz CT molecular complexity index is 1240. The smallest absolute Gasteiger partial charge is 0.254 e. The van der Waals surface area contributed by atoms with Crippen molar-refractivity contribution < 1.29 is 13.6 Å². The van der Waals surface area contributed by atoms with Crippen LogP contribution in [-0.2, 0) is 6.54 Å². The minimum atomic E-state index is -0.542. The highest BCUT2D eigenvalue weighted by atomic mass is 19.1. The molecular formula is C27H28F2N4O. The molecule has 0 bridgehead atoms. The molecule has 2 aromatic heterocycles. The van der Waals surface area contributed by atoms with E-state index >= 15 is 8.78 Å². The van der Waals surface area contributed by atoms with Gasteiger partial charge in [0.25, 0.3) is 5.91 Å². The molecule has 34 heavy (non-hydrogen) atoms. The van der Waals surface area contributed by atoms with Crippen molar-refractivity contribution in [1.82, 2.24) is 14.9 Å². The van der Waals surface area contributed by atoms with Gasteiger partial charge in [-0.25, -0.2) is 13.8 Å². The number of carbonyl (C=O) groups excluding carboxylic acids is 1. The first kappa shape index (κ1) is 22.4. The fourth-order valence-corrected chi connectivity index (χ4v) is 5.12. The van der Waals surface area contributed by atoms with Gasteiger partial charge in [0, 0.05) is 52.8 Å². The van der Waals surface area contributed by atoms with Crippen LogP contribution in [0.5, 0.6) is 0 Å². The minimum Gasteiger partial charge on any atom is -0.363 e. The Morgan fingerprint density at radius 1 is 1.06 bits per heavy atom. The van der Waals surface area contributed by atoms with E-state index in [1.54, 1.807) is 36.4 Å². The van der Waals surface area contributed by atoms with Gasteiger partial charge in [-0.15, -0.1) is 0 Å². The molecule has 1 N–H and O–H groups in total. The second kappa shape index (κ2) is 9.12. The van der Waals surface area contributed by atoms with E-state index in [1.165, 1.54) is 25.0 Å². The molecule has 1 aliphatic heterocycles. The van der Waals surface area contributed by atoms with E-state index < -0.39 is 17.7 Å². The van der Waals surface area contributed by atoms with E-state index in [-0.39, 0.29) is 17.0 Å². The molecule has 1 saturated carbocycles. The fourth-order valence-electron chi connectivity index (χ4n) is 5.12. The maximum Gasteiger partial charge on any atom is 0.254 e. The van der Waals surface area contributed by atoms with Gasteiger partial charge in [-0.05, 0) is 62.6 Å². The number of anilines is 1. The number of rotatable bonds is 6. The Morgan fingerprint density at radius 2 is 1.82 bits per heavy atom. The Morgan fingerprint density at radius 3 is 2.59 bits per heavy atom. The first-order chi connectivity index (χ1) is 16.5. The zero-order chi connectivity index (χ0) is 23.8. The van der Waals surface area contributed by atoms with E-state index in [0.717, 1.165) is 24.1 Å². The Balaban J connectivity index is 1.41. The van der Waals surface area contributed by atoms with E-state index in [9.17, 15) is 4.79 Å². The van der Waals surface area contributed by atoms with Gasteiger partial charge in [-0.1, -0.05) is 12.8 Å². The standard InChI is InChI=1S/C27H28F2N4O/c1-3-33-15-22-19(27(33)34)9-11-31-26(22)32-16(2)20-13-24(29)21(14-23(20)28)18-8-10-30-25(12-18)17-6-4-5-7-17/h8-14,16-17H,3-7,15H2,1-2H3,(H,31,32). The second-order valence-electron chi connectivity index (χ2n) is 9.18. The van der Waals surface area contributed by atoms with Gasteiger partial charge in [-0.3, -0.25) is 9.78 Å². The number of carbonyl (C=O) groups is 1. The second-order valence-corrected chi connectivity index (χ2v) is 9.18. The SMILES string of the molecule is CCN1Cc2c(ccnc2NC(C)c2cc(F)c(-c3ccnc(C4CCCC4)c3)cc2F)C1=O. The van der Waals surface area contributed by atoms with Crippen LogP contribution in [0.1, 0.15) is 78.7 Å². The minimum absolute atomic E-state index is 0.0356. The monoisotopic (exact) mass is 462 g/mol. The van der Waals surface area contributed by atoms with Gasteiger partial charge in [0.15, 0.2) is 0 Å². The molecule has 0 spiro atoms. The number of hydrogen-bond acceptors (Lipinski definition) is 4. The van der Waals surface area contributed by atoms with Crippen LogP contribution < -0.4 is 5.32 Å². The number of nitrogens with one attached hydrogen (secondary N) is 1. The normalized spacial score (nSPS) is 16.7. The van der Waals surface area contributed by atoms with Crippen molar-refractivity contribution in [3.8, 4) is 11.1 Å². The molecule has 1 atom stereocenters. The third kappa shape index (κ3) is 4.04. The first-order valence-corrected chi connectivity index (χ1v) is 11.9. The van der Waals surface area contributed by atoms with Crippen LogP contribution in [0.15, 0.2) is 42.7 Å². The average molecular weight is 463 g/mol. The van der Waals surface area contributed by atoms with Crippen LogP contribution in [0.3, 0.4) is 0 Å². The number of pyridine rings is 2. The number of amides is 1. The Kier molecular flexibility index (Phi) is 6.02. The van der Waals surface area contributed by atoms with E-state index in [4.69, 9.17) is 0 Å². The number of halogens is 2. The van der Waals surface area contributed by atoms with Gasteiger partial charge in [0.2, 0.25) is 0 Å². The lowest BCUT2D eigenvalue weighted by molar-refractivity contribution is 0.0787.